The number of fused-ring (bicyclic) bond motifs is 4. The van der Waals surface area contributed by atoms with Crippen molar-refractivity contribution >= 4 is 49.8 Å². The zero-order valence-corrected chi connectivity index (χ0v) is 32.9. The molecule has 11 aromatic rings. The van der Waals surface area contributed by atoms with E-state index in [9.17, 15) is 0 Å². The highest BCUT2D eigenvalue weighted by molar-refractivity contribution is 6.07. The second-order valence-electron chi connectivity index (χ2n) is 15.3. The normalized spacial score (nSPS) is 11.3. The van der Waals surface area contributed by atoms with Crippen LogP contribution < -0.4 is 4.90 Å². The summed E-state index contributed by atoms with van der Waals surface area (Å²) in [5, 5.41) is 4.76. The zero-order chi connectivity index (χ0) is 39.8. The molecule has 1 heterocycles. The fourth-order valence-corrected chi connectivity index (χ4v) is 8.64. The minimum atomic E-state index is 0.891. The summed E-state index contributed by atoms with van der Waals surface area (Å²) in [5.74, 6) is 0. The quantitative estimate of drug-likeness (QED) is 0.153. The van der Waals surface area contributed by atoms with Crippen molar-refractivity contribution in [2.24, 2.45) is 0 Å². The molecule has 0 saturated heterocycles. The maximum atomic E-state index is 6.22. The maximum absolute atomic E-state index is 6.22. The van der Waals surface area contributed by atoms with Gasteiger partial charge in [-0.25, -0.2) is 0 Å². The number of para-hydroxylation sites is 2. The lowest BCUT2D eigenvalue weighted by atomic mass is 9.96. The molecule has 0 fully saturated rings. The first kappa shape index (κ1) is 35.2. The van der Waals surface area contributed by atoms with Crippen LogP contribution in [0.15, 0.2) is 241 Å². The molecule has 0 bridgehead atoms. The average molecular weight is 766 g/mol. The van der Waals surface area contributed by atoms with E-state index in [4.69, 9.17) is 4.42 Å². The van der Waals surface area contributed by atoms with Crippen LogP contribution in [-0.4, -0.2) is 0 Å². The number of nitrogens with zero attached hydrogens (tertiary/aromatic N) is 1. The molecule has 0 atom stereocenters. The van der Waals surface area contributed by atoms with Crippen LogP contribution in [0, 0.1) is 0 Å². The molecule has 2 heteroatoms. The molecular weight excluding hydrogens is 727 g/mol. The monoisotopic (exact) mass is 765 g/mol. The van der Waals surface area contributed by atoms with E-state index < -0.39 is 0 Å². The van der Waals surface area contributed by atoms with Gasteiger partial charge in [0.25, 0.3) is 0 Å². The summed E-state index contributed by atoms with van der Waals surface area (Å²) in [7, 11) is 0. The first-order chi connectivity index (χ1) is 29.7. The number of benzene rings is 10. The SMILES string of the molecule is c1ccc(-c2ccc(-c3ccc(N(c4ccc(-c5ccc(-c6cccc7ccccc67)cc5)cc4)c4ccccc4-c4ccc5oc6ccccc6c5c4)cc3)cc2)cc1. The van der Waals surface area contributed by atoms with Crippen molar-refractivity contribution < 1.29 is 4.42 Å². The Kier molecular flexibility index (Phi) is 8.87. The number of anilines is 3. The minimum absolute atomic E-state index is 0.891. The number of furan rings is 1. The van der Waals surface area contributed by atoms with Crippen molar-refractivity contribution in [1.82, 2.24) is 0 Å². The van der Waals surface area contributed by atoms with Crippen LogP contribution in [-0.2, 0) is 0 Å². The average Bonchev–Trinajstić information content (AvgIpc) is 3.71. The molecular formula is C58H39NO. The molecule has 0 N–H and O–H groups in total. The van der Waals surface area contributed by atoms with E-state index in [-0.39, 0.29) is 0 Å². The lowest BCUT2D eigenvalue weighted by Gasteiger charge is -2.28. The Hall–Kier alpha value is -7.94. The molecule has 2 nitrogen and oxygen atoms in total. The second-order valence-corrected chi connectivity index (χ2v) is 15.3. The Morgan fingerprint density at radius 2 is 0.717 bits per heavy atom. The van der Waals surface area contributed by atoms with Crippen molar-refractivity contribution in [3.63, 3.8) is 0 Å². The molecule has 10 aromatic carbocycles. The van der Waals surface area contributed by atoms with E-state index >= 15 is 0 Å². The summed E-state index contributed by atoms with van der Waals surface area (Å²) in [6, 6.07) is 84.9. The van der Waals surface area contributed by atoms with E-state index in [1.165, 1.54) is 55.3 Å². The second kappa shape index (κ2) is 15.1. The van der Waals surface area contributed by atoms with Crippen LogP contribution in [0.5, 0.6) is 0 Å². The smallest absolute Gasteiger partial charge is 0.135 e. The van der Waals surface area contributed by atoms with Gasteiger partial charge in [-0.1, -0.05) is 188 Å². The molecule has 0 aliphatic rings. The van der Waals surface area contributed by atoms with Gasteiger partial charge in [0, 0.05) is 27.7 Å². The Morgan fingerprint density at radius 1 is 0.267 bits per heavy atom. The van der Waals surface area contributed by atoms with Crippen LogP contribution in [0.2, 0.25) is 0 Å². The maximum Gasteiger partial charge on any atom is 0.135 e. The van der Waals surface area contributed by atoms with E-state index in [1.807, 2.05) is 12.1 Å². The molecule has 60 heavy (non-hydrogen) atoms. The number of hydrogen-bond acceptors (Lipinski definition) is 2. The minimum Gasteiger partial charge on any atom is -0.456 e. The third-order valence-electron chi connectivity index (χ3n) is 11.7. The van der Waals surface area contributed by atoms with Crippen LogP contribution >= 0.6 is 0 Å². The van der Waals surface area contributed by atoms with Crippen molar-refractivity contribution in [3.8, 4) is 55.6 Å². The third-order valence-corrected chi connectivity index (χ3v) is 11.7. The highest BCUT2D eigenvalue weighted by Gasteiger charge is 2.19. The molecule has 0 spiro atoms. The van der Waals surface area contributed by atoms with Crippen molar-refractivity contribution in [2.75, 3.05) is 4.90 Å². The molecule has 11 rings (SSSR count). The summed E-state index contributed by atoms with van der Waals surface area (Å²) >= 11 is 0. The van der Waals surface area contributed by atoms with Crippen LogP contribution in [0.1, 0.15) is 0 Å². The van der Waals surface area contributed by atoms with Gasteiger partial charge in [-0.15, -0.1) is 0 Å². The Labute approximate surface area is 349 Å². The number of hydrogen-bond donors (Lipinski definition) is 0. The summed E-state index contributed by atoms with van der Waals surface area (Å²) in [4.78, 5) is 2.38. The van der Waals surface area contributed by atoms with Crippen LogP contribution in [0.4, 0.5) is 17.1 Å². The van der Waals surface area contributed by atoms with Gasteiger partial charge < -0.3 is 9.32 Å². The van der Waals surface area contributed by atoms with Crippen molar-refractivity contribution in [1.29, 1.82) is 0 Å². The standard InChI is InChI=1S/C58H39NO/c1-2-11-40(12-3-1)41-21-23-42(24-22-41)44-29-34-49(35-30-44)59(56-19-8-6-16-53(56)48-33-38-58-55(39-48)54-17-7-9-20-57(54)60-58)50-36-31-45(32-37-50)43-25-27-47(28-26-43)52-18-10-14-46-13-4-5-15-51(46)52/h1-39H. The summed E-state index contributed by atoms with van der Waals surface area (Å²) < 4.78 is 6.22. The van der Waals surface area contributed by atoms with Crippen LogP contribution in [0.3, 0.4) is 0 Å². The molecule has 0 saturated carbocycles. The first-order valence-electron chi connectivity index (χ1n) is 20.5. The molecule has 0 unspecified atom stereocenters. The lowest BCUT2D eigenvalue weighted by Crippen LogP contribution is -2.11. The van der Waals surface area contributed by atoms with Gasteiger partial charge in [0.1, 0.15) is 11.2 Å². The lowest BCUT2D eigenvalue weighted by molar-refractivity contribution is 0.669. The Bertz CT molecular complexity index is 3270. The summed E-state index contributed by atoms with van der Waals surface area (Å²) in [5.41, 5.74) is 16.9. The predicted octanol–water partition coefficient (Wildman–Crippen LogP) is 16.5. The molecule has 0 radical (unpaired) electrons. The molecule has 0 amide bonds. The van der Waals surface area contributed by atoms with Crippen molar-refractivity contribution in [2.45, 2.75) is 0 Å². The molecule has 0 aliphatic heterocycles. The Morgan fingerprint density at radius 3 is 1.38 bits per heavy atom. The highest BCUT2D eigenvalue weighted by Crippen LogP contribution is 2.43. The summed E-state index contributed by atoms with van der Waals surface area (Å²) in [6.45, 7) is 0. The van der Waals surface area contributed by atoms with E-state index in [2.05, 4.69) is 229 Å². The first-order valence-corrected chi connectivity index (χ1v) is 20.5. The van der Waals surface area contributed by atoms with Gasteiger partial charge in [0.15, 0.2) is 0 Å². The fourth-order valence-electron chi connectivity index (χ4n) is 8.64. The molecule has 282 valence electrons. The largest absolute Gasteiger partial charge is 0.456 e. The third kappa shape index (κ3) is 6.51. The van der Waals surface area contributed by atoms with E-state index in [0.717, 1.165) is 50.1 Å². The summed E-state index contributed by atoms with van der Waals surface area (Å²) in [6.07, 6.45) is 0. The molecule has 1 aromatic heterocycles. The molecule has 0 aliphatic carbocycles. The van der Waals surface area contributed by atoms with Gasteiger partial charge in [0.05, 0.1) is 5.69 Å². The van der Waals surface area contributed by atoms with E-state index in [0.29, 0.717) is 0 Å². The van der Waals surface area contributed by atoms with Gasteiger partial charge >= 0.3 is 0 Å². The van der Waals surface area contributed by atoms with Gasteiger partial charge in [-0.2, -0.15) is 0 Å². The highest BCUT2D eigenvalue weighted by atomic mass is 16.3. The fraction of sp³-hybridized carbons (Fsp3) is 0. The number of rotatable bonds is 8. The van der Waals surface area contributed by atoms with Crippen LogP contribution in [0.25, 0.3) is 88.3 Å². The van der Waals surface area contributed by atoms with Gasteiger partial charge in [-0.3, -0.25) is 0 Å². The van der Waals surface area contributed by atoms with Gasteiger partial charge in [-0.05, 0) is 109 Å². The topological polar surface area (TPSA) is 16.4 Å². The predicted molar refractivity (Wildman–Crippen MR) is 253 cm³/mol. The Balaban J connectivity index is 0.971. The van der Waals surface area contributed by atoms with Gasteiger partial charge in [0.2, 0.25) is 0 Å². The van der Waals surface area contributed by atoms with E-state index in [1.54, 1.807) is 0 Å². The van der Waals surface area contributed by atoms with Crippen molar-refractivity contribution in [3.05, 3.63) is 237 Å². The zero-order valence-electron chi connectivity index (χ0n) is 32.9.